The fourth-order valence-electron chi connectivity index (χ4n) is 2.76. The molecular formula is C15H23N3O3. The van der Waals surface area contributed by atoms with E-state index in [2.05, 4.69) is 19.0 Å². The molecule has 0 aliphatic carbocycles. The zero-order valence-electron chi connectivity index (χ0n) is 13.3. The van der Waals surface area contributed by atoms with Gasteiger partial charge in [0.05, 0.1) is 5.69 Å². The Morgan fingerprint density at radius 1 is 1.38 bits per heavy atom. The van der Waals surface area contributed by atoms with Crippen molar-refractivity contribution in [3.8, 4) is 0 Å². The predicted octanol–water partition coefficient (Wildman–Crippen LogP) is 1.62. The largest absolute Gasteiger partial charge is 0.361 e. The van der Waals surface area contributed by atoms with Crippen molar-refractivity contribution in [2.45, 2.75) is 40.7 Å². The first-order valence-electron chi connectivity index (χ1n) is 7.35. The summed E-state index contributed by atoms with van der Waals surface area (Å²) in [6.07, 6.45) is 0. The first-order valence-corrected chi connectivity index (χ1v) is 7.35. The lowest BCUT2D eigenvalue weighted by molar-refractivity contribution is -0.140. The minimum atomic E-state index is -0.446. The number of hydrogen-bond acceptors (Lipinski definition) is 4. The highest BCUT2D eigenvalue weighted by molar-refractivity contribution is 5.99. The van der Waals surface area contributed by atoms with Crippen LogP contribution in [0.15, 0.2) is 4.52 Å². The van der Waals surface area contributed by atoms with Crippen LogP contribution in [0.1, 0.15) is 42.6 Å². The second-order valence-corrected chi connectivity index (χ2v) is 6.05. The van der Waals surface area contributed by atoms with Crippen molar-refractivity contribution in [1.29, 1.82) is 0 Å². The Balaban J connectivity index is 2.16. The van der Waals surface area contributed by atoms with E-state index in [0.717, 1.165) is 6.54 Å². The van der Waals surface area contributed by atoms with Crippen LogP contribution in [0.5, 0.6) is 0 Å². The van der Waals surface area contributed by atoms with Crippen LogP contribution in [-0.2, 0) is 4.79 Å². The van der Waals surface area contributed by atoms with Gasteiger partial charge < -0.3 is 14.3 Å². The molecule has 1 aliphatic rings. The summed E-state index contributed by atoms with van der Waals surface area (Å²) in [6.45, 7) is 11.3. The molecule has 1 unspecified atom stereocenters. The van der Waals surface area contributed by atoms with Gasteiger partial charge in [0.15, 0.2) is 0 Å². The zero-order valence-corrected chi connectivity index (χ0v) is 13.3. The first kappa shape index (κ1) is 15.5. The number of carbonyl (C=O) groups excluding carboxylic acids is 2. The first-order chi connectivity index (χ1) is 9.82. The van der Waals surface area contributed by atoms with E-state index in [9.17, 15) is 9.59 Å². The van der Waals surface area contributed by atoms with Gasteiger partial charge >= 0.3 is 0 Å². The van der Waals surface area contributed by atoms with E-state index in [1.54, 1.807) is 25.7 Å². The lowest BCUT2D eigenvalue weighted by atomic mass is 10.1. The fourth-order valence-corrected chi connectivity index (χ4v) is 2.76. The summed E-state index contributed by atoms with van der Waals surface area (Å²) < 4.78 is 5.05. The Hall–Kier alpha value is -1.85. The standard InChI is InChI=1S/C15H23N3O3/c1-9(2)8-17-6-7-18(11(4)14(17)19)15(20)13-10(3)16-21-12(13)5/h9,11H,6-8H2,1-5H3. The van der Waals surface area contributed by atoms with Gasteiger partial charge in [-0.05, 0) is 26.7 Å². The van der Waals surface area contributed by atoms with Crippen LogP contribution in [0, 0.1) is 19.8 Å². The average molecular weight is 293 g/mol. The van der Waals surface area contributed by atoms with Crippen molar-refractivity contribution in [2.24, 2.45) is 5.92 Å². The molecule has 1 saturated heterocycles. The van der Waals surface area contributed by atoms with Crippen molar-refractivity contribution in [2.75, 3.05) is 19.6 Å². The zero-order chi connectivity index (χ0) is 15.7. The van der Waals surface area contributed by atoms with Crippen molar-refractivity contribution in [3.05, 3.63) is 17.0 Å². The Morgan fingerprint density at radius 3 is 2.57 bits per heavy atom. The molecule has 0 spiro atoms. The molecule has 0 radical (unpaired) electrons. The lowest BCUT2D eigenvalue weighted by Crippen LogP contribution is -2.58. The van der Waals surface area contributed by atoms with Crippen LogP contribution in [-0.4, -0.2) is 52.4 Å². The van der Waals surface area contributed by atoms with Crippen LogP contribution >= 0.6 is 0 Å². The number of hydrogen-bond donors (Lipinski definition) is 0. The lowest BCUT2D eigenvalue weighted by Gasteiger charge is -2.39. The van der Waals surface area contributed by atoms with Crippen molar-refractivity contribution < 1.29 is 14.1 Å². The van der Waals surface area contributed by atoms with Crippen LogP contribution in [0.3, 0.4) is 0 Å². The topological polar surface area (TPSA) is 66.7 Å². The molecule has 6 heteroatoms. The molecule has 2 amide bonds. The molecule has 1 atom stereocenters. The molecule has 6 nitrogen and oxygen atoms in total. The van der Waals surface area contributed by atoms with Crippen LogP contribution in [0.25, 0.3) is 0 Å². The smallest absolute Gasteiger partial charge is 0.260 e. The van der Waals surface area contributed by atoms with Gasteiger partial charge in [-0.1, -0.05) is 19.0 Å². The third-order valence-corrected chi connectivity index (χ3v) is 3.84. The molecule has 21 heavy (non-hydrogen) atoms. The molecule has 116 valence electrons. The SMILES string of the molecule is Cc1noc(C)c1C(=O)N1CCN(CC(C)C)C(=O)C1C. The van der Waals surface area contributed by atoms with Crippen molar-refractivity contribution in [3.63, 3.8) is 0 Å². The van der Waals surface area contributed by atoms with Gasteiger partial charge in [0.2, 0.25) is 5.91 Å². The minimum absolute atomic E-state index is 0.00932. The molecule has 0 N–H and O–H groups in total. The monoisotopic (exact) mass is 293 g/mol. The normalized spacial score (nSPS) is 19.5. The van der Waals surface area contributed by atoms with E-state index in [4.69, 9.17) is 4.52 Å². The minimum Gasteiger partial charge on any atom is -0.361 e. The number of aryl methyl sites for hydroxylation is 2. The van der Waals surface area contributed by atoms with Gasteiger partial charge in [-0.15, -0.1) is 0 Å². The Kier molecular flexibility index (Phi) is 4.34. The molecule has 1 fully saturated rings. The highest BCUT2D eigenvalue weighted by Crippen LogP contribution is 2.20. The number of piperazine rings is 1. The molecule has 0 bridgehead atoms. The van der Waals surface area contributed by atoms with Crippen molar-refractivity contribution in [1.82, 2.24) is 15.0 Å². The van der Waals surface area contributed by atoms with Crippen LogP contribution in [0.2, 0.25) is 0 Å². The highest BCUT2D eigenvalue weighted by Gasteiger charge is 2.36. The fraction of sp³-hybridized carbons (Fsp3) is 0.667. The predicted molar refractivity (Wildman–Crippen MR) is 77.9 cm³/mol. The van der Waals surface area contributed by atoms with Crippen LogP contribution < -0.4 is 0 Å². The van der Waals surface area contributed by atoms with Gasteiger partial charge in [-0.25, -0.2) is 0 Å². The number of rotatable bonds is 3. The molecule has 1 aromatic rings. The molecule has 2 heterocycles. The second kappa shape index (κ2) is 5.87. The van der Waals surface area contributed by atoms with Gasteiger partial charge in [-0.3, -0.25) is 9.59 Å². The van der Waals surface area contributed by atoms with E-state index in [0.29, 0.717) is 36.0 Å². The van der Waals surface area contributed by atoms with E-state index < -0.39 is 6.04 Å². The molecule has 1 aliphatic heterocycles. The highest BCUT2D eigenvalue weighted by atomic mass is 16.5. The summed E-state index contributed by atoms with van der Waals surface area (Å²) >= 11 is 0. The van der Waals surface area contributed by atoms with Gasteiger partial charge in [0.25, 0.3) is 5.91 Å². The maximum atomic E-state index is 12.6. The summed E-state index contributed by atoms with van der Waals surface area (Å²) in [4.78, 5) is 28.5. The summed E-state index contributed by atoms with van der Waals surface area (Å²) in [5.74, 6) is 0.763. The number of carbonyl (C=O) groups is 2. The Bertz CT molecular complexity index is 531. The second-order valence-electron chi connectivity index (χ2n) is 6.05. The summed E-state index contributed by atoms with van der Waals surface area (Å²) in [5, 5.41) is 3.81. The number of amides is 2. The van der Waals surface area contributed by atoms with E-state index in [-0.39, 0.29) is 11.8 Å². The summed E-state index contributed by atoms with van der Waals surface area (Å²) in [5.41, 5.74) is 1.05. The van der Waals surface area contributed by atoms with Crippen LogP contribution in [0.4, 0.5) is 0 Å². The average Bonchev–Trinajstić information content (AvgIpc) is 2.74. The molecule has 1 aromatic heterocycles. The molecular weight excluding hydrogens is 270 g/mol. The maximum Gasteiger partial charge on any atom is 0.260 e. The molecule has 0 aromatic carbocycles. The van der Waals surface area contributed by atoms with Gasteiger partial charge in [0, 0.05) is 19.6 Å². The summed E-state index contributed by atoms with van der Waals surface area (Å²) in [6, 6.07) is -0.446. The van der Waals surface area contributed by atoms with E-state index >= 15 is 0 Å². The third-order valence-electron chi connectivity index (χ3n) is 3.84. The quantitative estimate of drug-likeness (QED) is 0.849. The van der Waals surface area contributed by atoms with Gasteiger partial charge in [-0.2, -0.15) is 0 Å². The number of aromatic nitrogens is 1. The Labute approximate surface area is 125 Å². The number of nitrogens with zero attached hydrogens (tertiary/aromatic N) is 3. The third kappa shape index (κ3) is 2.94. The van der Waals surface area contributed by atoms with E-state index in [1.807, 2.05) is 4.90 Å². The Morgan fingerprint density at radius 2 is 2.05 bits per heavy atom. The molecule has 2 rings (SSSR count). The van der Waals surface area contributed by atoms with E-state index in [1.165, 1.54) is 0 Å². The van der Waals surface area contributed by atoms with Crippen molar-refractivity contribution >= 4 is 11.8 Å². The molecule has 0 saturated carbocycles. The summed E-state index contributed by atoms with van der Waals surface area (Å²) in [7, 11) is 0. The maximum absolute atomic E-state index is 12.6. The van der Waals surface area contributed by atoms with Gasteiger partial charge in [0.1, 0.15) is 17.4 Å².